The van der Waals surface area contributed by atoms with Crippen LogP contribution in [0.5, 0.6) is 11.5 Å². The van der Waals surface area contributed by atoms with Crippen LogP contribution in [0.25, 0.3) is 66.2 Å². The third-order valence-electron chi connectivity index (χ3n) is 10.9. The fourth-order valence-corrected chi connectivity index (χ4v) is 8.49. The zero-order valence-electron chi connectivity index (χ0n) is 28.3. The number of benzene rings is 7. The van der Waals surface area contributed by atoms with Gasteiger partial charge >= 0.3 is 0 Å². The molecule has 0 fully saturated rings. The molecule has 2 unspecified atom stereocenters. The molecule has 1 aromatic heterocycles. The smallest absolute Gasteiger partial charge is 0.159 e. The standard InChI is InChI=1S/C48H33N3O/c1-2-13-31(14-3-1)45-39-19-8-10-20-41(39)49-48(50-45)32-22-25-33(26-23-32)51-42-29-24-30-12-4-5-15-34(30)44(42)40-28-27-38-36-17-7-6-16-35(36)37-18-9-11-21-43(37)52-47(38)46(40)51/h1-29,41,48-50H. The van der Waals surface area contributed by atoms with Crippen LogP contribution in [0.15, 0.2) is 182 Å². The Morgan fingerprint density at radius 2 is 1.33 bits per heavy atom. The second-order valence-electron chi connectivity index (χ2n) is 13.8. The second kappa shape index (κ2) is 11.5. The minimum atomic E-state index is -0.0659. The molecule has 52 heavy (non-hydrogen) atoms. The van der Waals surface area contributed by atoms with Crippen LogP contribution in [0.2, 0.25) is 0 Å². The Morgan fingerprint density at radius 3 is 2.19 bits per heavy atom. The highest BCUT2D eigenvalue weighted by Crippen LogP contribution is 2.51. The molecular formula is C48H33N3O. The number of hydrogen-bond acceptors (Lipinski definition) is 3. The molecule has 2 N–H and O–H groups in total. The summed E-state index contributed by atoms with van der Waals surface area (Å²) in [5.74, 6) is 1.73. The van der Waals surface area contributed by atoms with Gasteiger partial charge in [0.1, 0.15) is 11.9 Å². The zero-order chi connectivity index (χ0) is 34.2. The molecule has 0 saturated heterocycles. The SMILES string of the molecule is C1=CC2=C(c3ccccc3)NC(c3ccc(-n4c5ccc6ccccc6c5c5ccc6c(c54)Oc4ccccc4-c4ccccc4-6)cc3)NC2C=C1. The number of nitrogens with zero attached hydrogens (tertiary/aromatic N) is 1. The maximum atomic E-state index is 7.07. The predicted molar refractivity (Wildman–Crippen MR) is 214 cm³/mol. The van der Waals surface area contributed by atoms with Gasteiger partial charge in [-0.2, -0.15) is 0 Å². The van der Waals surface area contributed by atoms with Gasteiger partial charge in [-0.15, -0.1) is 0 Å². The van der Waals surface area contributed by atoms with Gasteiger partial charge in [0.05, 0.1) is 17.1 Å². The highest BCUT2D eigenvalue weighted by atomic mass is 16.5. The first-order valence-electron chi connectivity index (χ1n) is 17.9. The lowest BCUT2D eigenvalue weighted by atomic mass is 9.92. The molecule has 11 rings (SSSR count). The number of allylic oxidation sites excluding steroid dienone is 2. The normalized spacial score (nSPS) is 17.2. The Labute approximate surface area is 301 Å². The van der Waals surface area contributed by atoms with Crippen LogP contribution in [0.1, 0.15) is 17.3 Å². The van der Waals surface area contributed by atoms with E-state index in [9.17, 15) is 0 Å². The van der Waals surface area contributed by atoms with Crippen molar-refractivity contribution in [3.63, 3.8) is 0 Å². The zero-order valence-corrected chi connectivity index (χ0v) is 28.3. The largest absolute Gasteiger partial charge is 0.454 e. The van der Waals surface area contributed by atoms with Crippen molar-refractivity contribution in [3.8, 4) is 39.4 Å². The van der Waals surface area contributed by atoms with Crippen LogP contribution >= 0.6 is 0 Å². The third kappa shape index (κ3) is 4.38. The minimum absolute atomic E-state index is 0.0659. The molecule has 246 valence electrons. The van der Waals surface area contributed by atoms with Gasteiger partial charge in [-0.1, -0.05) is 146 Å². The van der Waals surface area contributed by atoms with Gasteiger partial charge in [0.25, 0.3) is 0 Å². The number of fused-ring (bicyclic) bond motifs is 12. The van der Waals surface area contributed by atoms with Crippen molar-refractivity contribution in [2.45, 2.75) is 12.2 Å². The highest BCUT2D eigenvalue weighted by Gasteiger charge is 2.29. The molecule has 8 aromatic rings. The molecule has 7 aromatic carbocycles. The average Bonchev–Trinajstić information content (AvgIpc) is 3.49. The van der Waals surface area contributed by atoms with Gasteiger partial charge in [0.15, 0.2) is 5.75 Å². The Bertz CT molecular complexity index is 2820. The monoisotopic (exact) mass is 667 g/mol. The summed E-state index contributed by atoms with van der Waals surface area (Å²) in [7, 11) is 0. The molecule has 4 heteroatoms. The van der Waals surface area contributed by atoms with Gasteiger partial charge in [0, 0.05) is 33.3 Å². The van der Waals surface area contributed by atoms with Crippen LogP contribution in [0.4, 0.5) is 0 Å². The fourth-order valence-electron chi connectivity index (χ4n) is 8.49. The summed E-state index contributed by atoms with van der Waals surface area (Å²) < 4.78 is 9.47. The molecule has 3 aliphatic rings. The predicted octanol–water partition coefficient (Wildman–Crippen LogP) is 11.5. The first kappa shape index (κ1) is 29.1. The number of rotatable bonds is 3. The van der Waals surface area contributed by atoms with E-state index in [0.29, 0.717) is 0 Å². The summed E-state index contributed by atoms with van der Waals surface area (Å²) in [4.78, 5) is 0. The lowest BCUT2D eigenvalue weighted by Crippen LogP contribution is -2.45. The molecule has 3 heterocycles. The van der Waals surface area contributed by atoms with Crippen LogP contribution in [-0.2, 0) is 0 Å². The Hall–Kier alpha value is -6.62. The molecule has 0 spiro atoms. The van der Waals surface area contributed by atoms with Crippen LogP contribution < -0.4 is 15.4 Å². The molecule has 2 atom stereocenters. The topological polar surface area (TPSA) is 38.2 Å². The van der Waals surface area contributed by atoms with Crippen molar-refractivity contribution < 1.29 is 4.74 Å². The van der Waals surface area contributed by atoms with Crippen LogP contribution in [0, 0.1) is 0 Å². The Balaban J connectivity index is 1.11. The van der Waals surface area contributed by atoms with Gasteiger partial charge in [-0.25, -0.2) is 0 Å². The number of para-hydroxylation sites is 1. The van der Waals surface area contributed by atoms with E-state index in [2.05, 4.69) is 191 Å². The maximum Gasteiger partial charge on any atom is 0.159 e. The van der Waals surface area contributed by atoms with Crippen molar-refractivity contribution in [2.24, 2.45) is 0 Å². The van der Waals surface area contributed by atoms with Crippen LogP contribution in [-0.4, -0.2) is 10.6 Å². The van der Waals surface area contributed by atoms with Crippen molar-refractivity contribution in [1.82, 2.24) is 15.2 Å². The van der Waals surface area contributed by atoms with E-state index in [4.69, 9.17) is 4.74 Å². The van der Waals surface area contributed by atoms with Gasteiger partial charge in [-0.05, 0) is 68.9 Å². The number of ether oxygens (including phenoxy) is 1. The minimum Gasteiger partial charge on any atom is -0.454 e. The summed E-state index contributed by atoms with van der Waals surface area (Å²) >= 11 is 0. The van der Waals surface area contributed by atoms with Gasteiger partial charge < -0.3 is 14.6 Å². The summed E-state index contributed by atoms with van der Waals surface area (Å²) in [6.07, 6.45) is 8.63. The molecule has 1 aliphatic carbocycles. The molecule has 0 radical (unpaired) electrons. The fraction of sp³-hybridized carbons (Fsp3) is 0.0417. The molecular weight excluding hydrogens is 635 g/mol. The van der Waals surface area contributed by atoms with E-state index in [1.165, 1.54) is 49.4 Å². The van der Waals surface area contributed by atoms with E-state index in [0.717, 1.165) is 45.0 Å². The molecule has 0 bridgehead atoms. The summed E-state index contributed by atoms with van der Waals surface area (Å²) in [5, 5.41) is 12.5. The lowest BCUT2D eigenvalue weighted by Gasteiger charge is -2.36. The highest BCUT2D eigenvalue weighted by molar-refractivity contribution is 6.23. The first-order chi connectivity index (χ1) is 25.8. The van der Waals surface area contributed by atoms with Gasteiger partial charge in [-0.3, -0.25) is 5.32 Å². The van der Waals surface area contributed by atoms with Gasteiger partial charge in [0.2, 0.25) is 0 Å². The third-order valence-corrected chi connectivity index (χ3v) is 10.9. The number of hydrogen-bond donors (Lipinski definition) is 2. The Morgan fingerprint density at radius 1 is 0.577 bits per heavy atom. The van der Waals surface area contributed by atoms with E-state index >= 15 is 0 Å². The number of aromatic nitrogens is 1. The van der Waals surface area contributed by atoms with Crippen molar-refractivity contribution >= 4 is 38.3 Å². The number of nitrogens with one attached hydrogen (secondary N) is 2. The summed E-state index contributed by atoms with van der Waals surface area (Å²) in [6.45, 7) is 0. The van der Waals surface area contributed by atoms with Crippen molar-refractivity contribution in [2.75, 3.05) is 0 Å². The van der Waals surface area contributed by atoms with E-state index in [-0.39, 0.29) is 12.2 Å². The first-order valence-corrected chi connectivity index (χ1v) is 17.9. The molecule has 2 aliphatic heterocycles. The van der Waals surface area contributed by atoms with Crippen LogP contribution in [0.3, 0.4) is 0 Å². The van der Waals surface area contributed by atoms with E-state index in [1.54, 1.807) is 0 Å². The van der Waals surface area contributed by atoms with E-state index < -0.39 is 0 Å². The lowest BCUT2D eigenvalue weighted by molar-refractivity contribution is 0.460. The Kier molecular flexibility index (Phi) is 6.42. The molecule has 0 saturated carbocycles. The summed E-state index contributed by atoms with van der Waals surface area (Å²) in [5.41, 5.74) is 12.6. The summed E-state index contributed by atoms with van der Waals surface area (Å²) in [6, 6.07) is 54.5. The average molecular weight is 668 g/mol. The maximum absolute atomic E-state index is 7.07. The second-order valence-corrected chi connectivity index (χ2v) is 13.8. The van der Waals surface area contributed by atoms with E-state index in [1.807, 2.05) is 0 Å². The van der Waals surface area contributed by atoms with Crippen molar-refractivity contribution in [1.29, 1.82) is 0 Å². The van der Waals surface area contributed by atoms with Crippen molar-refractivity contribution in [3.05, 3.63) is 193 Å². The molecule has 4 nitrogen and oxygen atoms in total. The molecule has 0 amide bonds. The quantitative estimate of drug-likeness (QED) is 0.197.